The first-order chi connectivity index (χ1) is 8.19. The summed E-state index contributed by atoms with van der Waals surface area (Å²) in [6.07, 6.45) is 6.37. The highest BCUT2D eigenvalue weighted by atomic mass is 32.2. The molecule has 1 fully saturated rings. The first-order valence-corrected chi connectivity index (χ1v) is 7.75. The van der Waals surface area contributed by atoms with Gasteiger partial charge in [0.2, 0.25) is 0 Å². The van der Waals surface area contributed by atoms with Gasteiger partial charge < -0.3 is 0 Å². The molecular formula is C14H16O2S. The second-order valence-electron chi connectivity index (χ2n) is 4.92. The normalized spacial score (nSPS) is 34.5. The van der Waals surface area contributed by atoms with Crippen molar-refractivity contribution in [2.45, 2.75) is 35.7 Å². The largest absolute Gasteiger partial charge is 0.228 e. The predicted octanol–water partition coefficient (Wildman–Crippen LogP) is 2.68. The van der Waals surface area contributed by atoms with Gasteiger partial charge in [0.1, 0.15) is 0 Å². The second-order valence-corrected chi connectivity index (χ2v) is 7.31. The third-order valence-electron chi connectivity index (χ3n) is 4.00. The predicted molar refractivity (Wildman–Crippen MR) is 68.7 cm³/mol. The Morgan fingerprint density at radius 3 is 2.59 bits per heavy atom. The van der Waals surface area contributed by atoms with E-state index in [0.29, 0.717) is 6.42 Å². The fourth-order valence-electron chi connectivity index (χ4n) is 3.10. The quantitative estimate of drug-likeness (QED) is 0.716. The molecule has 2 aliphatic rings. The van der Waals surface area contributed by atoms with E-state index in [4.69, 9.17) is 0 Å². The van der Waals surface area contributed by atoms with Gasteiger partial charge in [0.05, 0.1) is 10.5 Å². The molecule has 0 aliphatic carbocycles. The van der Waals surface area contributed by atoms with Crippen LogP contribution in [0.2, 0.25) is 0 Å². The molecule has 1 aromatic carbocycles. The lowest BCUT2D eigenvalue weighted by Crippen LogP contribution is -2.42. The van der Waals surface area contributed by atoms with Crippen LogP contribution in [-0.2, 0) is 9.84 Å². The van der Waals surface area contributed by atoms with Crippen LogP contribution in [0.25, 0.3) is 0 Å². The fraction of sp³-hybridized carbons (Fsp3) is 0.429. The average Bonchev–Trinajstić information content (AvgIpc) is 2.28. The third kappa shape index (κ3) is 1.73. The molecule has 2 nitrogen and oxygen atoms in total. The van der Waals surface area contributed by atoms with Crippen molar-refractivity contribution in [2.75, 3.05) is 0 Å². The number of benzene rings is 1. The van der Waals surface area contributed by atoms with Gasteiger partial charge in [-0.15, -0.1) is 0 Å². The average molecular weight is 248 g/mol. The van der Waals surface area contributed by atoms with Crippen molar-refractivity contribution >= 4 is 9.84 Å². The zero-order chi connectivity index (χ0) is 11.9. The Hall–Kier alpha value is -1.09. The van der Waals surface area contributed by atoms with E-state index in [-0.39, 0.29) is 16.4 Å². The molecule has 0 unspecified atom stereocenters. The molecule has 2 heterocycles. The molecule has 2 bridgehead atoms. The van der Waals surface area contributed by atoms with E-state index in [1.807, 2.05) is 30.4 Å². The molecule has 0 N–H and O–H groups in total. The maximum absolute atomic E-state index is 12.3. The molecular weight excluding hydrogens is 232 g/mol. The molecule has 3 rings (SSSR count). The molecule has 3 atom stereocenters. The minimum atomic E-state index is -2.95. The lowest BCUT2D eigenvalue weighted by molar-refractivity contribution is 0.474. The molecule has 0 amide bonds. The van der Waals surface area contributed by atoms with Crippen molar-refractivity contribution < 1.29 is 8.42 Å². The van der Waals surface area contributed by atoms with Crippen molar-refractivity contribution in [3.05, 3.63) is 48.0 Å². The molecule has 0 saturated carbocycles. The van der Waals surface area contributed by atoms with E-state index in [0.717, 1.165) is 12.8 Å². The number of allylic oxidation sites excluding steroid dienone is 1. The standard InChI is InChI=1S/C14H16O2S/c15-17(16)12-7-4-8-14(17)13(10-9-12)11-5-2-1-3-6-11/h1-7,12-14H,8-10H2/t12-,13-,14+/m1/s1. The van der Waals surface area contributed by atoms with Crippen LogP contribution in [-0.4, -0.2) is 18.9 Å². The summed E-state index contributed by atoms with van der Waals surface area (Å²) in [5.41, 5.74) is 1.18. The highest BCUT2D eigenvalue weighted by Crippen LogP contribution is 2.41. The summed E-state index contributed by atoms with van der Waals surface area (Å²) < 4.78 is 24.7. The maximum atomic E-state index is 12.3. The molecule has 0 radical (unpaired) electrons. The topological polar surface area (TPSA) is 34.1 Å². The van der Waals surface area contributed by atoms with E-state index in [1.54, 1.807) is 0 Å². The Kier molecular flexibility index (Phi) is 2.58. The van der Waals surface area contributed by atoms with E-state index in [1.165, 1.54) is 5.56 Å². The van der Waals surface area contributed by atoms with Crippen molar-refractivity contribution in [3.8, 4) is 0 Å². The van der Waals surface area contributed by atoms with Gasteiger partial charge in [-0.1, -0.05) is 42.5 Å². The molecule has 0 aromatic heterocycles. The van der Waals surface area contributed by atoms with Gasteiger partial charge in [-0.25, -0.2) is 8.42 Å². The summed E-state index contributed by atoms with van der Waals surface area (Å²) in [6, 6.07) is 10.1. The van der Waals surface area contributed by atoms with E-state index in [2.05, 4.69) is 12.1 Å². The van der Waals surface area contributed by atoms with Crippen molar-refractivity contribution in [2.24, 2.45) is 0 Å². The van der Waals surface area contributed by atoms with Gasteiger partial charge in [0.25, 0.3) is 0 Å². The summed E-state index contributed by atoms with van der Waals surface area (Å²) >= 11 is 0. The summed E-state index contributed by atoms with van der Waals surface area (Å²) in [5.74, 6) is 0.183. The van der Waals surface area contributed by atoms with E-state index >= 15 is 0 Å². The van der Waals surface area contributed by atoms with Crippen molar-refractivity contribution in [3.63, 3.8) is 0 Å². The van der Waals surface area contributed by atoms with E-state index < -0.39 is 9.84 Å². The van der Waals surface area contributed by atoms with Gasteiger partial charge in [-0.2, -0.15) is 0 Å². The Morgan fingerprint density at radius 1 is 1.06 bits per heavy atom. The van der Waals surface area contributed by atoms with Crippen LogP contribution in [0.1, 0.15) is 30.7 Å². The molecule has 0 spiro atoms. The molecule has 90 valence electrons. The fourth-order valence-corrected chi connectivity index (χ4v) is 5.47. The lowest BCUT2D eigenvalue weighted by atomic mass is 9.86. The monoisotopic (exact) mass is 248 g/mol. The number of sulfone groups is 1. The SMILES string of the molecule is O=S1(=O)[C@@H]2C=CC[C@H]1[C@@H](c1ccccc1)CC2. The molecule has 1 aromatic rings. The van der Waals surface area contributed by atoms with Crippen LogP contribution in [0.5, 0.6) is 0 Å². The highest BCUT2D eigenvalue weighted by Gasteiger charge is 2.44. The lowest BCUT2D eigenvalue weighted by Gasteiger charge is -2.37. The summed E-state index contributed by atoms with van der Waals surface area (Å²) in [7, 11) is -2.95. The van der Waals surface area contributed by atoms with Gasteiger partial charge in [0.15, 0.2) is 9.84 Å². The second kappa shape index (κ2) is 3.98. The Morgan fingerprint density at radius 2 is 1.82 bits per heavy atom. The Bertz CT molecular complexity index is 531. The van der Waals surface area contributed by atoms with Crippen LogP contribution < -0.4 is 0 Å². The third-order valence-corrected chi connectivity index (χ3v) is 6.60. The summed E-state index contributed by atoms with van der Waals surface area (Å²) in [4.78, 5) is 0. The molecule has 1 saturated heterocycles. The highest BCUT2D eigenvalue weighted by molar-refractivity contribution is 7.93. The number of rotatable bonds is 1. The van der Waals surface area contributed by atoms with Crippen molar-refractivity contribution in [1.29, 1.82) is 0 Å². The Balaban J connectivity index is 2.02. The minimum absolute atomic E-state index is 0.183. The summed E-state index contributed by atoms with van der Waals surface area (Å²) in [6.45, 7) is 0. The van der Waals surface area contributed by atoms with Gasteiger partial charge in [0, 0.05) is 5.92 Å². The van der Waals surface area contributed by atoms with Crippen LogP contribution in [0.15, 0.2) is 42.5 Å². The van der Waals surface area contributed by atoms with Crippen LogP contribution in [0.4, 0.5) is 0 Å². The van der Waals surface area contributed by atoms with Crippen LogP contribution in [0.3, 0.4) is 0 Å². The number of hydrogen-bond donors (Lipinski definition) is 0. The number of hydrogen-bond acceptors (Lipinski definition) is 2. The summed E-state index contributed by atoms with van der Waals surface area (Å²) in [5, 5.41) is -0.421. The molecule has 17 heavy (non-hydrogen) atoms. The van der Waals surface area contributed by atoms with Crippen molar-refractivity contribution in [1.82, 2.24) is 0 Å². The maximum Gasteiger partial charge on any atom is 0.160 e. The first kappa shape index (κ1) is 11.0. The zero-order valence-electron chi connectivity index (χ0n) is 9.62. The van der Waals surface area contributed by atoms with Gasteiger partial charge >= 0.3 is 0 Å². The smallest absolute Gasteiger partial charge is 0.160 e. The first-order valence-electron chi connectivity index (χ1n) is 6.14. The van der Waals surface area contributed by atoms with Crippen LogP contribution in [0, 0.1) is 0 Å². The molecule has 2 aliphatic heterocycles. The molecule has 3 heteroatoms. The number of fused-ring (bicyclic) bond motifs is 2. The van der Waals surface area contributed by atoms with Gasteiger partial charge in [-0.3, -0.25) is 0 Å². The van der Waals surface area contributed by atoms with Gasteiger partial charge in [-0.05, 0) is 24.8 Å². The Labute approximate surface area is 102 Å². The van der Waals surface area contributed by atoms with Crippen LogP contribution >= 0.6 is 0 Å². The minimum Gasteiger partial charge on any atom is -0.228 e. The zero-order valence-corrected chi connectivity index (χ0v) is 10.4. The van der Waals surface area contributed by atoms with E-state index in [9.17, 15) is 8.42 Å².